The Kier molecular flexibility index (Phi) is 4.65. The van der Waals surface area contributed by atoms with Gasteiger partial charge in [-0.15, -0.1) is 0 Å². The van der Waals surface area contributed by atoms with Crippen molar-refractivity contribution in [2.75, 3.05) is 31.1 Å². The Labute approximate surface area is 169 Å². The van der Waals surface area contributed by atoms with Crippen LogP contribution in [0.5, 0.6) is 0 Å². The summed E-state index contributed by atoms with van der Waals surface area (Å²) in [6.45, 7) is 6.34. The molecule has 0 bridgehead atoms. The first kappa shape index (κ1) is 17.8. The van der Waals surface area contributed by atoms with Crippen molar-refractivity contribution in [3.8, 4) is 11.4 Å². The minimum Gasteiger partial charge on any atom is -0.353 e. The fourth-order valence-corrected chi connectivity index (χ4v) is 3.57. The maximum Gasteiger partial charge on any atom is 0.241 e. The number of benzene rings is 2. The van der Waals surface area contributed by atoms with Gasteiger partial charge in [-0.1, -0.05) is 47.1 Å². The number of aryl methyl sites for hydroxylation is 1. The first-order valence-corrected chi connectivity index (χ1v) is 9.83. The van der Waals surface area contributed by atoms with E-state index >= 15 is 0 Å². The van der Waals surface area contributed by atoms with Crippen LogP contribution < -0.4 is 4.90 Å². The van der Waals surface area contributed by atoms with E-state index in [9.17, 15) is 0 Å². The third-order valence-corrected chi connectivity index (χ3v) is 5.27. The molecule has 2 aromatic carbocycles. The van der Waals surface area contributed by atoms with E-state index in [4.69, 9.17) is 9.51 Å². The van der Waals surface area contributed by atoms with E-state index in [0.717, 1.165) is 48.6 Å². The first-order valence-electron chi connectivity index (χ1n) is 9.83. The third-order valence-electron chi connectivity index (χ3n) is 5.27. The van der Waals surface area contributed by atoms with Gasteiger partial charge in [0.15, 0.2) is 0 Å². The topological polar surface area (TPSA) is 71.2 Å². The number of hydrogen-bond acceptors (Lipinski definition) is 7. The summed E-state index contributed by atoms with van der Waals surface area (Å²) < 4.78 is 5.47. The lowest BCUT2D eigenvalue weighted by Gasteiger charge is -2.34. The van der Waals surface area contributed by atoms with Crippen LogP contribution in [0.25, 0.3) is 22.4 Å². The zero-order valence-corrected chi connectivity index (χ0v) is 16.3. The van der Waals surface area contributed by atoms with Crippen molar-refractivity contribution < 1.29 is 4.52 Å². The molecule has 3 heterocycles. The van der Waals surface area contributed by atoms with Gasteiger partial charge in [-0.05, 0) is 19.1 Å². The Hall–Kier alpha value is -3.32. The van der Waals surface area contributed by atoms with E-state index in [1.54, 1.807) is 0 Å². The second-order valence-corrected chi connectivity index (χ2v) is 7.36. The molecule has 0 N–H and O–H groups in total. The Morgan fingerprint density at radius 3 is 2.45 bits per heavy atom. The Morgan fingerprint density at radius 2 is 1.66 bits per heavy atom. The standard InChI is InChI=1S/C22H22N6O/c1-16-6-8-17(9-7-16)22-25-21(29-26-22)15-27-10-12-28(13-11-27)20-14-23-18-4-2-3-5-19(18)24-20/h2-9,14H,10-13,15H2,1H3. The summed E-state index contributed by atoms with van der Waals surface area (Å²) in [7, 11) is 0. The number of piperazine rings is 1. The van der Waals surface area contributed by atoms with E-state index in [2.05, 4.69) is 44.0 Å². The first-order chi connectivity index (χ1) is 14.2. The lowest BCUT2D eigenvalue weighted by Crippen LogP contribution is -2.46. The van der Waals surface area contributed by atoms with E-state index in [0.29, 0.717) is 18.3 Å². The fourth-order valence-electron chi connectivity index (χ4n) is 3.57. The van der Waals surface area contributed by atoms with Crippen molar-refractivity contribution in [3.05, 3.63) is 66.2 Å². The quantitative estimate of drug-likeness (QED) is 0.533. The van der Waals surface area contributed by atoms with Crippen LogP contribution in [0.4, 0.5) is 5.82 Å². The van der Waals surface area contributed by atoms with E-state index in [-0.39, 0.29) is 0 Å². The normalized spacial score (nSPS) is 15.1. The summed E-state index contributed by atoms with van der Waals surface area (Å²) in [6, 6.07) is 16.1. The molecule has 1 aliphatic heterocycles. The average Bonchev–Trinajstić information content (AvgIpc) is 3.23. The SMILES string of the molecule is Cc1ccc(-c2noc(CN3CCN(c4cnc5ccccc5n4)CC3)n2)cc1. The van der Waals surface area contributed by atoms with Gasteiger partial charge in [-0.2, -0.15) is 4.98 Å². The lowest BCUT2D eigenvalue weighted by molar-refractivity contribution is 0.215. The van der Waals surface area contributed by atoms with Crippen LogP contribution in [-0.4, -0.2) is 51.2 Å². The molecule has 0 amide bonds. The monoisotopic (exact) mass is 386 g/mol. The second kappa shape index (κ2) is 7.60. The molecule has 1 fully saturated rings. The van der Waals surface area contributed by atoms with Gasteiger partial charge >= 0.3 is 0 Å². The molecule has 0 atom stereocenters. The van der Waals surface area contributed by atoms with Crippen molar-refractivity contribution in [3.63, 3.8) is 0 Å². The summed E-state index contributed by atoms with van der Waals surface area (Å²) >= 11 is 0. The predicted molar refractivity (Wildman–Crippen MR) is 111 cm³/mol. The van der Waals surface area contributed by atoms with Crippen molar-refractivity contribution in [1.29, 1.82) is 0 Å². The van der Waals surface area contributed by atoms with Crippen LogP contribution >= 0.6 is 0 Å². The minimum atomic E-state index is 0.644. The third kappa shape index (κ3) is 3.82. The highest BCUT2D eigenvalue weighted by molar-refractivity contribution is 5.75. The maximum absolute atomic E-state index is 5.47. The largest absolute Gasteiger partial charge is 0.353 e. The molecule has 146 valence electrons. The molecule has 7 nitrogen and oxygen atoms in total. The van der Waals surface area contributed by atoms with Gasteiger partial charge in [-0.3, -0.25) is 9.88 Å². The minimum absolute atomic E-state index is 0.644. The predicted octanol–water partition coefficient (Wildman–Crippen LogP) is 3.31. The zero-order chi connectivity index (χ0) is 19.6. The van der Waals surface area contributed by atoms with Gasteiger partial charge < -0.3 is 9.42 Å². The van der Waals surface area contributed by atoms with Gasteiger partial charge in [0.05, 0.1) is 23.8 Å². The van der Waals surface area contributed by atoms with Crippen LogP contribution in [0.2, 0.25) is 0 Å². The molecule has 1 aliphatic rings. The van der Waals surface area contributed by atoms with E-state index in [1.165, 1.54) is 5.56 Å². The van der Waals surface area contributed by atoms with Crippen LogP contribution in [0, 0.1) is 6.92 Å². The lowest BCUT2D eigenvalue weighted by atomic mass is 10.1. The van der Waals surface area contributed by atoms with Crippen molar-refractivity contribution >= 4 is 16.9 Å². The van der Waals surface area contributed by atoms with Gasteiger partial charge in [0.25, 0.3) is 0 Å². The molecule has 7 heteroatoms. The number of nitrogens with zero attached hydrogens (tertiary/aromatic N) is 6. The molecule has 29 heavy (non-hydrogen) atoms. The number of fused-ring (bicyclic) bond motifs is 1. The number of rotatable bonds is 4. The summed E-state index contributed by atoms with van der Waals surface area (Å²) in [4.78, 5) is 18.5. The molecule has 0 spiro atoms. The summed E-state index contributed by atoms with van der Waals surface area (Å²) in [6.07, 6.45) is 1.86. The van der Waals surface area contributed by atoms with Gasteiger partial charge in [0, 0.05) is 31.7 Å². The molecule has 0 aliphatic carbocycles. The van der Waals surface area contributed by atoms with Crippen LogP contribution in [0.3, 0.4) is 0 Å². The van der Waals surface area contributed by atoms with Gasteiger partial charge in [0.2, 0.25) is 11.7 Å². The number of aromatic nitrogens is 4. The summed E-state index contributed by atoms with van der Waals surface area (Å²) in [5, 5.41) is 4.13. The zero-order valence-electron chi connectivity index (χ0n) is 16.3. The highest BCUT2D eigenvalue weighted by Gasteiger charge is 2.21. The molecule has 0 radical (unpaired) electrons. The highest BCUT2D eigenvalue weighted by atomic mass is 16.5. The summed E-state index contributed by atoms with van der Waals surface area (Å²) in [5.74, 6) is 2.23. The Balaban J connectivity index is 1.21. The average molecular weight is 386 g/mol. The molecule has 0 saturated carbocycles. The van der Waals surface area contributed by atoms with Crippen molar-refractivity contribution in [1.82, 2.24) is 25.0 Å². The van der Waals surface area contributed by atoms with Crippen LogP contribution in [0.1, 0.15) is 11.5 Å². The maximum atomic E-state index is 5.47. The number of anilines is 1. The highest BCUT2D eigenvalue weighted by Crippen LogP contribution is 2.19. The van der Waals surface area contributed by atoms with Crippen LogP contribution in [0.15, 0.2) is 59.3 Å². The Bertz CT molecular complexity index is 1120. The molecule has 2 aromatic heterocycles. The molecular weight excluding hydrogens is 364 g/mol. The van der Waals surface area contributed by atoms with Crippen LogP contribution in [-0.2, 0) is 6.54 Å². The molecule has 0 unspecified atom stereocenters. The number of hydrogen-bond donors (Lipinski definition) is 0. The fraction of sp³-hybridized carbons (Fsp3) is 0.273. The molecule has 1 saturated heterocycles. The van der Waals surface area contributed by atoms with Gasteiger partial charge in [-0.25, -0.2) is 4.98 Å². The van der Waals surface area contributed by atoms with Crippen molar-refractivity contribution in [2.45, 2.75) is 13.5 Å². The molecule has 5 rings (SSSR count). The van der Waals surface area contributed by atoms with Gasteiger partial charge in [0.1, 0.15) is 5.82 Å². The second-order valence-electron chi connectivity index (χ2n) is 7.36. The summed E-state index contributed by atoms with van der Waals surface area (Å²) in [5.41, 5.74) is 4.05. The van der Waals surface area contributed by atoms with E-state index < -0.39 is 0 Å². The molecular formula is C22H22N6O. The smallest absolute Gasteiger partial charge is 0.241 e. The Morgan fingerprint density at radius 1 is 0.897 bits per heavy atom. The number of para-hydroxylation sites is 2. The van der Waals surface area contributed by atoms with Crippen molar-refractivity contribution in [2.24, 2.45) is 0 Å². The molecule has 4 aromatic rings. The van der Waals surface area contributed by atoms with E-state index in [1.807, 2.05) is 42.6 Å².